The largest absolute Gasteiger partial charge is 0.331 e. The molecule has 31 heavy (non-hydrogen) atoms. The highest BCUT2D eigenvalue weighted by atomic mass is 32.2. The Labute approximate surface area is 181 Å². The third-order valence-electron chi connectivity index (χ3n) is 4.83. The third-order valence-corrected chi connectivity index (χ3v) is 6.47. The molecular formula is C21H15N5O3S2. The first-order valence-electron chi connectivity index (χ1n) is 9.24. The number of hydrogen-bond acceptors (Lipinski definition) is 5. The number of H-pyrrole nitrogens is 2. The molecular weight excluding hydrogens is 434 g/mol. The first-order chi connectivity index (χ1) is 14.9. The zero-order chi connectivity index (χ0) is 21.6. The van der Waals surface area contributed by atoms with Gasteiger partial charge in [0.1, 0.15) is 0 Å². The van der Waals surface area contributed by atoms with E-state index < -0.39 is 10.0 Å². The highest BCUT2D eigenvalue weighted by Gasteiger charge is 2.17. The Morgan fingerprint density at radius 2 is 1.55 bits per heavy atom. The van der Waals surface area contributed by atoms with E-state index in [9.17, 15) is 13.2 Å². The van der Waals surface area contributed by atoms with Crippen molar-refractivity contribution in [2.45, 2.75) is 4.90 Å². The van der Waals surface area contributed by atoms with Crippen LogP contribution in [0.15, 0.2) is 82.5 Å². The first kappa shape index (κ1) is 19.2. The quantitative estimate of drug-likeness (QED) is 0.362. The van der Waals surface area contributed by atoms with Crippen LogP contribution < -0.4 is 10.3 Å². The van der Waals surface area contributed by atoms with Gasteiger partial charge in [0.05, 0.1) is 32.5 Å². The molecule has 0 amide bonds. The summed E-state index contributed by atoms with van der Waals surface area (Å²) in [4.78, 5) is 23.1. The number of para-hydroxylation sites is 3. The van der Waals surface area contributed by atoms with E-state index in [0.717, 1.165) is 5.52 Å². The predicted molar refractivity (Wildman–Crippen MR) is 122 cm³/mol. The van der Waals surface area contributed by atoms with Crippen molar-refractivity contribution in [2.24, 2.45) is 0 Å². The lowest BCUT2D eigenvalue weighted by atomic mass is 10.2. The summed E-state index contributed by atoms with van der Waals surface area (Å²) < 4.78 is 29.5. The molecule has 0 fully saturated rings. The molecule has 0 radical (unpaired) electrons. The highest BCUT2D eigenvalue weighted by Crippen LogP contribution is 2.19. The number of imidazole rings is 1. The van der Waals surface area contributed by atoms with Gasteiger partial charge in [-0.25, -0.2) is 18.1 Å². The summed E-state index contributed by atoms with van der Waals surface area (Å²) in [5.74, 6) is 0.124. The van der Waals surface area contributed by atoms with Gasteiger partial charge in [-0.1, -0.05) is 24.3 Å². The van der Waals surface area contributed by atoms with Gasteiger partial charge in [0.25, 0.3) is 15.6 Å². The lowest BCUT2D eigenvalue weighted by Crippen LogP contribution is -2.20. The number of anilines is 1. The smallest absolute Gasteiger partial charge is 0.266 e. The molecule has 0 saturated heterocycles. The summed E-state index contributed by atoms with van der Waals surface area (Å²) in [6.45, 7) is 0. The van der Waals surface area contributed by atoms with E-state index in [2.05, 4.69) is 19.7 Å². The van der Waals surface area contributed by atoms with Crippen LogP contribution in [0.2, 0.25) is 0 Å². The van der Waals surface area contributed by atoms with Crippen LogP contribution in [0.25, 0.3) is 27.6 Å². The topological polar surface area (TPSA) is 113 Å². The van der Waals surface area contributed by atoms with E-state index in [1.807, 2.05) is 18.2 Å². The second-order valence-corrected chi connectivity index (χ2v) is 8.89. The summed E-state index contributed by atoms with van der Waals surface area (Å²) in [5.41, 5.74) is 2.19. The van der Waals surface area contributed by atoms with Crippen molar-refractivity contribution >= 4 is 50.1 Å². The number of aromatic nitrogens is 4. The van der Waals surface area contributed by atoms with E-state index in [1.54, 1.807) is 30.3 Å². The van der Waals surface area contributed by atoms with Crippen LogP contribution in [0.5, 0.6) is 0 Å². The number of benzene rings is 3. The van der Waals surface area contributed by atoms with Crippen LogP contribution in [-0.4, -0.2) is 27.9 Å². The van der Waals surface area contributed by atoms with Crippen molar-refractivity contribution in [1.29, 1.82) is 0 Å². The molecule has 0 saturated carbocycles. The summed E-state index contributed by atoms with van der Waals surface area (Å²) in [5, 5.41) is 0.486. The maximum atomic E-state index is 12.9. The molecule has 8 nitrogen and oxygen atoms in total. The Bertz CT molecular complexity index is 1630. The van der Waals surface area contributed by atoms with Crippen molar-refractivity contribution in [3.8, 4) is 5.69 Å². The van der Waals surface area contributed by atoms with Gasteiger partial charge in [-0.15, -0.1) is 0 Å². The van der Waals surface area contributed by atoms with Crippen LogP contribution in [0.4, 0.5) is 5.95 Å². The van der Waals surface area contributed by atoms with Crippen LogP contribution in [-0.2, 0) is 10.0 Å². The molecule has 0 unspecified atom stereocenters. The number of fused-ring (bicyclic) bond motifs is 2. The standard InChI is InChI=1S/C21H15N5O3S2/c27-19-15-5-1-2-6-16(15)24-21(30)26(19)13-9-11-14(12-10-13)31(28,29)25-20-22-17-7-3-4-8-18(17)23-20/h1-12H,(H,24,30)(H2,22,23,25). The van der Waals surface area contributed by atoms with Gasteiger partial charge in [0.15, 0.2) is 4.77 Å². The van der Waals surface area contributed by atoms with Gasteiger partial charge in [-0.3, -0.25) is 9.36 Å². The molecule has 0 spiro atoms. The fraction of sp³-hybridized carbons (Fsp3) is 0. The molecule has 2 heterocycles. The average Bonchev–Trinajstić information content (AvgIpc) is 3.15. The Morgan fingerprint density at radius 1 is 0.871 bits per heavy atom. The van der Waals surface area contributed by atoms with Crippen LogP contribution in [0, 0.1) is 4.77 Å². The Balaban J connectivity index is 1.50. The maximum absolute atomic E-state index is 12.9. The molecule has 3 N–H and O–H groups in total. The molecule has 3 aromatic carbocycles. The zero-order valence-electron chi connectivity index (χ0n) is 15.9. The lowest BCUT2D eigenvalue weighted by Gasteiger charge is -2.10. The summed E-state index contributed by atoms with van der Waals surface area (Å²) in [6.07, 6.45) is 0. The fourth-order valence-corrected chi connectivity index (χ4v) is 4.62. The molecule has 5 rings (SSSR count). The molecule has 10 heteroatoms. The maximum Gasteiger partial charge on any atom is 0.266 e. The number of rotatable bonds is 4. The molecule has 0 aliphatic carbocycles. The van der Waals surface area contributed by atoms with Crippen molar-refractivity contribution in [2.75, 3.05) is 4.72 Å². The molecule has 5 aromatic rings. The number of sulfonamides is 1. The summed E-state index contributed by atoms with van der Waals surface area (Å²) in [6, 6.07) is 20.2. The molecule has 0 bridgehead atoms. The normalized spacial score (nSPS) is 11.7. The number of nitrogens with zero attached hydrogens (tertiary/aromatic N) is 2. The number of nitrogens with one attached hydrogen (secondary N) is 3. The second-order valence-electron chi connectivity index (χ2n) is 6.82. The van der Waals surface area contributed by atoms with Crippen molar-refractivity contribution in [3.63, 3.8) is 0 Å². The minimum Gasteiger partial charge on any atom is -0.331 e. The van der Waals surface area contributed by atoms with Gasteiger partial charge in [-0.05, 0) is 60.7 Å². The van der Waals surface area contributed by atoms with Crippen LogP contribution in [0.1, 0.15) is 0 Å². The third kappa shape index (κ3) is 3.41. The van der Waals surface area contributed by atoms with Gasteiger partial charge >= 0.3 is 0 Å². The van der Waals surface area contributed by atoms with E-state index in [4.69, 9.17) is 12.2 Å². The Kier molecular flexibility index (Phi) is 4.45. The monoisotopic (exact) mass is 449 g/mol. The first-order valence-corrected chi connectivity index (χ1v) is 11.1. The second kappa shape index (κ2) is 7.18. The predicted octanol–water partition coefficient (Wildman–Crippen LogP) is 3.73. The summed E-state index contributed by atoms with van der Waals surface area (Å²) in [7, 11) is -3.88. The summed E-state index contributed by atoms with van der Waals surface area (Å²) >= 11 is 5.34. The lowest BCUT2D eigenvalue weighted by molar-refractivity contribution is 0.601. The number of aromatic amines is 2. The molecule has 154 valence electrons. The molecule has 0 atom stereocenters. The van der Waals surface area contributed by atoms with Gasteiger partial charge < -0.3 is 9.97 Å². The average molecular weight is 450 g/mol. The van der Waals surface area contributed by atoms with E-state index >= 15 is 0 Å². The van der Waals surface area contributed by atoms with Gasteiger partial charge in [-0.2, -0.15) is 0 Å². The van der Waals surface area contributed by atoms with E-state index in [1.165, 1.54) is 28.8 Å². The van der Waals surface area contributed by atoms with Crippen molar-refractivity contribution in [1.82, 2.24) is 19.5 Å². The highest BCUT2D eigenvalue weighted by molar-refractivity contribution is 7.92. The van der Waals surface area contributed by atoms with E-state index in [0.29, 0.717) is 22.1 Å². The molecule has 0 aliphatic rings. The van der Waals surface area contributed by atoms with Crippen molar-refractivity contribution < 1.29 is 8.42 Å². The van der Waals surface area contributed by atoms with Crippen molar-refractivity contribution in [3.05, 3.63) is 87.9 Å². The minimum absolute atomic E-state index is 0.0282. The van der Waals surface area contributed by atoms with Crippen LogP contribution in [0.3, 0.4) is 0 Å². The SMILES string of the molecule is O=c1c2ccccc2[nH]c(=S)n1-c1ccc(S(=O)(=O)Nc2nc3ccccc3[nH]2)cc1. The molecule has 0 aliphatic heterocycles. The number of hydrogen-bond donors (Lipinski definition) is 3. The van der Waals surface area contributed by atoms with E-state index in [-0.39, 0.29) is 21.2 Å². The fourth-order valence-electron chi connectivity index (χ4n) is 3.36. The zero-order valence-corrected chi connectivity index (χ0v) is 17.5. The van der Waals surface area contributed by atoms with Gasteiger partial charge in [0.2, 0.25) is 5.95 Å². The van der Waals surface area contributed by atoms with Gasteiger partial charge in [0, 0.05) is 0 Å². The molecule has 2 aromatic heterocycles. The Morgan fingerprint density at radius 3 is 2.29 bits per heavy atom. The minimum atomic E-state index is -3.88. The Hall–Kier alpha value is -3.76. The van der Waals surface area contributed by atoms with Crippen LogP contribution >= 0.6 is 12.2 Å².